The number of benzene rings is 2. The Balaban J connectivity index is 2.67. The number of nitrogens with one attached hydrogen (secondary N) is 1. The molecule has 0 aliphatic carbocycles. The van der Waals surface area contributed by atoms with Crippen LogP contribution in [0.4, 0.5) is 0 Å². The molecule has 0 spiro atoms. The molecule has 1 amide bonds. The lowest BCUT2D eigenvalue weighted by molar-refractivity contribution is 0.0957. The quantitative estimate of drug-likeness (QED) is 0.831. The van der Waals surface area contributed by atoms with Crippen LogP contribution in [0.3, 0.4) is 0 Å². The average molecular weight is 332 g/mol. The van der Waals surface area contributed by atoms with Gasteiger partial charge >= 0.3 is 0 Å². The molecule has 2 aromatic rings. The summed E-state index contributed by atoms with van der Waals surface area (Å²) in [6.07, 6.45) is 0. The first kappa shape index (κ1) is 16.8. The molecule has 0 saturated carbocycles. The molecule has 0 radical (unpaired) electrons. The van der Waals surface area contributed by atoms with Gasteiger partial charge in [0.05, 0.1) is 18.7 Å². The van der Waals surface area contributed by atoms with Crippen molar-refractivity contribution in [3.63, 3.8) is 0 Å². The van der Waals surface area contributed by atoms with Crippen LogP contribution in [-0.4, -0.2) is 20.5 Å². The molecular formula is C18H22ClNOSi. The number of carbonyl (C=O) groups excluding carboxylic acids is 1. The van der Waals surface area contributed by atoms with E-state index >= 15 is 0 Å². The fourth-order valence-electron chi connectivity index (χ4n) is 2.51. The summed E-state index contributed by atoms with van der Waals surface area (Å²) in [5.74, 6) is -0.0808. The van der Waals surface area contributed by atoms with Crippen LogP contribution in [0.5, 0.6) is 0 Å². The Labute approximate surface area is 138 Å². The summed E-state index contributed by atoms with van der Waals surface area (Å²) in [5.41, 5.74) is 2.58. The predicted molar refractivity (Wildman–Crippen MR) is 97.9 cm³/mol. The summed E-state index contributed by atoms with van der Waals surface area (Å²) in [5, 5.41) is 4.55. The van der Waals surface area contributed by atoms with E-state index in [4.69, 9.17) is 11.6 Å². The Kier molecular flexibility index (Phi) is 5.09. The van der Waals surface area contributed by atoms with E-state index in [9.17, 15) is 4.79 Å². The van der Waals surface area contributed by atoms with Gasteiger partial charge in [-0.3, -0.25) is 4.79 Å². The number of amides is 1. The number of hydrogen-bond acceptors (Lipinski definition) is 1. The third-order valence-corrected chi connectivity index (χ3v) is 6.02. The first-order chi connectivity index (χ1) is 10.4. The van der Waals surface area contributed by atoms with Crippen LogP contribution in [0.2, 0.25) is 24.7 Å². The van der Waals surface area contributed by atoms with Crippen molar-refractivity contribution in [1.82, 2.24) is 5.32 Å². The number of halogens is 1. The van der Waals surface area contributed by atoms with E-state index in [0.29, 0.717) is 17.1 Å². The van der Waals surface area contributed by atoms with Gasteiger partial charge in [-0.15, -0.1) is 0 Å². The summed E-state index contributed by atoms with van der Waals surface area (Å²) in [4.78, 5) is 12.5. The molecule has 0 aliphatic rings. The molecule has 0 aromatic heterocycles. The van der Waals surface area contributed by atoms with Crippen molar-refractivity contribution in [3.8, 4) is 11.1 Å². The molecule has 0 heterocycles. The van der Waals surface area contributed by atoms with Crippen molar-refractivity contribution in [2.24, 2.45) is 0 Å². The van der Waals surface area contributed by atoms with Gasteiger partial charge in [0.1, 0.15) is 0 Å². The summed E-state index contributed by atoms with van der Waals surface area (Å²) in [6.45, 7) is 9.19. The molecule has 0 bridgehead atoms. The summed E-state index contributed by atoms with van der Waals surface area (Å²) >= 11 is 6.65. The maximum absolute atomic E-state index is 12.5. The highest BCUT2D eigenvalue weighted by Gasteiger charge is 2.27. The van der Waals surface area contributed by atoms with Crippen molar-refractivity contribution in [1.29, 1.82) is 0 Å². The van der Waals surface area contributed by atoms with Crippen molar-refractivity contribution in [2.75, 3.05) is 6.54 Å². The van der Waals surface area contributed by atoms with E-state index in [-0.39, 0.29) is 5.91 Å². The molecule has 0 atom stereocenters. The zero-order valence-electron chi connectivity index (χ0n) is 13.5. The van der Waals surface area contributed by atoms with Crippen molar-refractivity contribution in [3.05, 3.63) is 53.1 Å². The second-order valence-electron chi connectivity index (χ2n) is 6.33. The van der Waals surface area contributed by atoms with Crippen LogP contribution in [0.25, 0.3) is 11.1 Å². The second-order valence-corrected chi connectivity index (χ2v) is 11.7. The minimum absolute atomic E-state index is 0.0808. The fourth-order valence-corrected chi connectivity index (χ4v) is 4.52. The van der Waals surface area contributed by atoms with Crippen LogP contribution in [0, 0.1) is 0 Å². The maximum Gasteiger partial charge on any atom is 0.252 e. The van der Waals surface area contributed by atoms with E-state index in [2.05, 4.69) is 31.0 Å². The minimum Gasteiger partial charge on any atom is -0.352 e. The molecule has 0 fully saturated rings. The SMILES string of the molecule is CCNC(=O)c1c([Si](C)(C)C)ccc(-c2ccccc2)c1Cl. The summed E-state index contributed by atoms with van der Waals surface area (Å²) in [7, 11) is -1.67. The highest BCUT2D eigenvalue weighted by molar-refractivity contribution is 6.89. The van der Waals surface area contributed by atoms with Crippen molar-refractivity contribution in [2.45, 2.75) is 26.6 Å². The second kappa shape index (κ2) is 6.67. The lowest BCUT2D eigenvalue weighted by Gasteiger charge is -2.23. The van der Waals surface area contributed by atoms with E-state index in [1.807, 2.05) is 43.3 Å². The monoisotopic (exact) mass is 331 g/mol. The van der Waals surface area contributed by atoms with Gasteiger partial charge in [-0.1, -0.05) is 73.7 Å². The van der Waals surface area contributed by atoms with Gasteiger partial charge in [-0.05, 0) is 17.7 Å². The van der Waals surface area contributed by atoms with Crippen molar-refractivity contribution < 1.29 is 4.79 Å². The lowest BCUT2D eigenvalue weighted by atomic mass is 10.0. The highest BCUT2D eigenvalue weighted by atomic mass is 35.5. The first-order valence-electron chi connectivity index (χ1n) is 7.53. The lowest BCUT2D eigenvalue weighted by Crippen LogP contribution is -2.43. The van der Waals surface area contributed by atoms with E-state index in [0.717, 1.165) is 16.3 Å². The first-order valence-corrected chi connectivity index (χ1v) is 11.4. The van der Waals surface area contributed by atoms with E-state index in [1.165, 1.54) is 0 Å². The zero-order valence-corrected chi connectivity index (χ0v) is 15.3. The fraction of sp³-hybridized carbons (Fsp3) is 0.278. The molecule has 0 saturated heterocycles. The van der Waals surface area contributed by atoms with Gasteiger partial charge in [0.25, 0.3) is 5.91 Å². The third-order valence-electron chi connectivity index (χ3n) is 3.60. The molecule has 2 aromatic carbocycles. The van der Waals surface area contributed by atoms with Gasteiger partial charge in [0, 0.05) is 12.1 Å². The minimum atomic E-state index is -1.67. The van der Waals surface area contributed by atoms with Crippen LogP contribution in [0.15, 0.2) is 42.5 Å². The standard InChI is InChI=1S/C18H22ClNOSi/c1-5-20-18(21)16-15(22(2,3)4)12-11-14(17(16)19)13-9-7-6-8-10-13/h6-12H,5H2,1-4H3,(H,20,21). The predicted octanol–water partition coefficient (Wildman–Crippen LogP) is 4.30. The summed E-state index contributed by atoms with van der Waals surface area (Å²) in [6, 6.07) is 14.1. The molecule has 4 heteroatoms. The molecule has 0 unspecified atom stereocenters. The highest BCUT2D eigenvalue weighted by Crippen LogP contribution is 2.31. The Morgan fingerprint density at radius 2 is 1.73 bits per heavy atom. The number of rotatable bonds is 4. The van der Waals surface area contributed by atoms with Gasteiger partial charge in [0.2, 0.25) is 0 Å². The topological polar surface area (TPSA) is 29.1 Å². The van der Waals surface area contributed by atoms with Gasteiger partial charge in [-0.25, -0.2) is 0 Å². The van der Waals surface area contributed by atoms with Gasteiger partial charge in [0.15, 0.2) is 0 Å². The third kappa shape index (κ3) is 3.42. The normalized spacial score (nSPS) is 11.3. The number of hydrogen-bond donors (Lipinski definition) is 1. The molecular weight excluding hydrogens is 310 g/mol. The van der Waals surface area contributed by atoms with E-state index in [1.54, 1.807) is 0 Å². The van der Waals surface area contributed by atoms with Crippen LogP contribution in [-0.2, 0) is 0 Å². The summed E-state index contributed by atoms with van der Waals surface area (Å²) < 4.78 is 0. The van der Waals surface area contributed by atoms with Crippen molar-refractivity contribution >= 4 is 30.8 Å². The van der Waals surface area contributed by atoms with Gasteiger partial charge < -0.3 is 5.32 Å². The van der Waals surface area contributed by atoms with Crippen LogP contribution >= 0.6 is 11.6 Å². The van der Waals surface area contributed by atoms with Crippen LogP contribution < -0.4 is 10.5 Å². The Morgan fingerprint density at radius 3 is 2.27 bits per heavy atom. The van der Waals surface area contributed by atoms with Gasteiger partial charge in [-0.2, -0.15) is 0 Å². The van der Waals surface area contributed by atoms with Crippen LogP contribution in [0.1, 0.15) is 17.3 Å². The Hall–Kier alpha value is -1.58. The number of carbonyl (C=O) groups is 1. The molecule has 22 heavy (non-hydrogen) atoms. The largest absolute Gasteiger partial charge is 0.352 e. The Morgan fingerprint density at radius 1 is 1.09 bits per heavy atom. The molecule has 116 valence electrons. The molecule has 1 N–H and O–H groups in total. The Bertz CT molecular complexity index is 677. The molecule has 2 rings (SSSR count). The average Bonchev–Trinajstić information content (AvgIpc) is 2.47. The zero-order chi connectivity index (χ0) is 16.3. The smallest absolute Gasteiger partial charge is 0.252 e. The maximum atomic E-state index is 12.5. The molecule has 2 nitrogen and oxygen atoms in total. The van der Waals surface area contributed by atoms with E-state index < -0.39 is 8.07 Å². The molecule has 0 aliphatic heterocycles.